The Bertz CT molecular complexity index is 696. The molecule has 2 saturated heterocycles. The Morgan fingerprint density at radius 2 is 1.82 bits per heavy atom. The van der Waals surface area contributed by atoms with E-state index in [4.69, 9.17) is 9.47 Å². The van der Waals surface area contributed by atoms with Gasteiger partial charge in [0.25, 0.3) is 5.91 Å². The van der Waals surface area contributed by atoms with Crippen LogP contribution in [0.3, 0.4) is 0 Å². The maximum absolute atomic E-state index is 12.7. The Kier molecular flexibility index (Phi) is 6.61. The van der Waals surface area contributed by atoms with Crippen molar-refractivity contribution in [1.29, 1.82) is 0 Å². The predicted octanol–water partition coefficient (Wildman–Crippen LogP) is 0.774. The molecule has 2 aliphatic heterocycles. The number of carbonyl (C=O) groups is 2. The van der Waals surface area contributed by atoms with Crippen molar-refractivity contribution in [2.24, 2.45) is 5.92 Å². The Balaban J connectivity index is 1.28. The molecule has 0 radical (unpaired) electrons. The van der Waals surface area contributed by atoms with Crippen LogP contribution in [-0.4, -0.2) is 87.3 Å². The quantitative estimate of drug-likeness (QED) is 0.781. The lowest BCUT2D eigenvalue weighted by Crippen LogP contribution is -2.43. The largest absolute Gasteiger partial charge is 0.379 e. The number of aryl methyl sites for hydroxylation is 1. The van der Waals surface area contributed by atoms with Gasteiger partial charge in [-0.2, -0.15) is 0 Å². The second-order valence-corrected chi connectivity index (χ2v) is 8.79. The van der Waals surface area contributed by atoms with Crippen LogP contribution in [0, 0.1) is 5.92 Å². The van der Waals surface area contributed by atoms with E-state index in [9.17, 15) is 9.59 Å². The van der Waals surface area contributed by atoms with Gasteiger partial charge in [-0.3, -0.25) is 14.5 Å². The van der Waals surface area contributed by atoms with E-state index < -0.39 is 0 Å². The number of thiophene rings is 1. The molecule has 0 saturated carbocycles. The highest BCUT2D eigenvalue weighted by Gasteiger charge is 2.29. The molecule has 1 aromatic rings. The minimum absolute atomic E-state index is 0.0122. The fourth-order valence-electron chi connectivity index (χ4n) is 4.08. The molecule has 1 atom stereocenters. The number of carbonyl (C=O) groups excluding carboxylic acids is 2. The van der Waals surface area contributed by atoms with Gasteiger partial charge in [-0.25, -0.2) is 0 Å². The topological polar surface area (TPSA) is 71.1 Å². The van der Waals surface area contributed by atoms with E-state index in [2.05, 4.69) is 10.2 Å². The van der Waals surface area contributed by atoms with Crippen molar-refractivity contribution in [3.8, 4) is 0 Å². The lowest BCUT2D eigenvalue weighted by atomic mass is 9.87. The van der Waals surface area contributed by atoms with Crippen LogP contribution in [0.15, 0.2) is 6.07 Å². The monoisotopic (exact) mass is 407 g/mol. The van der Waals surface area contributed by atoms with Crippen LogP contribution in [-0.2, 0) is 27.1 Å². The summed E-state index contributed by atoms with van der Waals surface area (Å²) < 4.78 is 10.7. The summed E-state index contributed by atoms with van der Waals surface area (Å²) in [6.45, 7) is 7.57. The highest BCUT2D eigenvalue weighted by molar-refractivity contribution is 7.14. The van der Waals surface area contributed by atoms with Gasteiger partial charge in [0.05, 0.1) is 31.3 Å². The van der Waals surface area contributed by atoms with Gasteiger partial charge in [0.2, 0.25) is 5.91 Å². The normalized spacial score (nSPS) is 23.3. The zero-order chi connectivity index (χ0) is 19.3. The number of nitrogens with one attached hydrogen (secondary N) is 1. The zero-order valence-corrected chi connectivity index (χ0v) is 17.1. The van der Waals surface area contributed by atoms with Crippen LogP contribution in [0.2, 0.25) is 0 Å². The molecule has 2 fully saturated rings. The lowest BCUT2D eigenvalue weighted by Gasteiger charge is -2.27. The minimum atomic E-state index is 0.0122. The van der Waals surface area contributed by atoms with Crippen molar-refractivity contribution in [3.63, 3.8) is 0 Å². The van der Waals surface area contributed by atoms with Crippen LogP contribution in [0.5, 0.6) is 0 Å². The standard InChI is InChI=1S/C20H29N3O4S/c24-19(21-3-4-22-5-9-26-10-6-22)15-1-2-17-16(13-15)14-18(28-17)20(25)23-7-11-27-12-8-23/h14-15H,1-13H2,(H,21,24). The molecule has 7 nitrogen and oxygen atoms in total. The number of morpholine rings is 2. The van der Waals surface area contributed by atoms with Crippen molar-refractivity contribution in [2.45, 2.75) is 19.3 Å². The van der Waals surface area contributed by atoms with Gasteiger partial charge < -0.3 is 19.7 Å². The number of ether oxygens (including phenoxy) is 2. The lowest BCUT2D eigenvalue weighted by molar-refractivity contribution is -0.125. The van der Waals surface area contributed by atoms with Crippen molar-refractivity contribution < 1.29 is 19.1 Å². The van der Waals surface area contributed by atoms with Gasteiger partial charge in [-0.05, 0) is 30.9 Å². The number of hydrogen-bond donors (Lipinski definition) is 1. The molecule has 0 spiro atoms. The molecule has 28 heavy (non-hydrogen) atoms. The Morgan fingerprint density at radius 1 is 1.11 bits per heavy atom. The van der Waals surface area contributed by atoms with Crippen molar-refractivity contribution >= 4 is 23.2 Å². The molecule has 0 bridgehead atoms. The Morgan fingerprint density at radius 3 is 2.57 bits per heavy atom. The first-order valence-corrected chi connectivity index (χ1v) is 11.1. The molecule has 8 heteroatoms. The molecular formula is C20H29N3O4S. The first-order valence-electron chi connectivity index (χ1n) is 10.3. The van der Waals surface area contributed by atoms with Crippen LogP contribution in [0.1, 0.15) is 26.5 Å². The van der Waals surface area contributed by atoms with E-state index in [1.54, 1.807) is 11.3 Å². The third-order valence-electron chi connectivity index (χ3n) is 5.79. The van der Waals surface area contributed by atoms with E-state index >= 15 is 0 Å². The van der Waals surface area contributed by atoms with E-state index in [1.807, 2.05) is 11.0 Å². The highest BCUT2D eigenvalue weighted by Crippen LogP contribution is 2.33. The summed E-state index contributed by atoms with van der Waals surface area (Å²) in [6, 6.07) is 2.02. The summed E-state index contributed by atoms with van der Waals surface area (Å²) in [5.74, 6) is 0.263. The second-order valence-electron chi connectivity index (χ2n) is 7.65. The van der Waals surface area contributed by atoms with Gasteiger partial charge in [0.15, 0.2) is 0 Å². The van der Waals surface area contributed by atoms with E-state index in [0.717, 1.165) is 57.0 Å². The second kappa shape index (κ2) is 9.35. The van der Waals surface area contributed by atoms with Gasteiger partial charge in [0.1, 0.15) is 0 Å². The molecule has 3 heterocycles. The first-order chi connectivity index (χ1) is 13.7. The van der Waals surface area contributed by atoms with Crippen LogP contribution in [0.4, 0.5) is 0 Å². The molecule has 154 valence electrons. The van der Waals surface area contributed by atoms with Crippen molar-refractivity contribution in [2.75, 3.05) is 65.7 Å². The summed E-state index contributed by atoms with van der Waals surface area (Å²) in [5.41, 5.74) is 1.18. The summed E-state index contributed by atoms with van der Waals surface area (Å²) in [6.07, 6.45) is 2.49. The maximum Gasteiger partial charge on any atom is 0.264 e. The van der Waals surface area contributed by atoms with Gasteiger partial charge >= 0.3 is 0 Å². The smallest absolute Gasteiger partial charge is 0.264 e. The summed E-state index contributed by atoms with van der Waals surface area (Å²) >= 11 is 1.61. The summed E-state index contributed by atoms with van der Waals surface area (Å²) in [7, 11) is 0. The predicted molar refractivity (Wildman–Crippen MR) is 107 cm³/mol. The van der Waals surface area contributed by atoms with Gasteiger partial charge in [-0.1, -0.05) is 0 Å². The zero-order valence-electron chi connectivity index (χ0n) is 16.3. The summed E-state index contributed by atoms with van der Waals surface area (Å²) in [5, 5.41) is 3.10. The van der Waals surface area contributed by atoms with Crippen LogP contribution < -0.4 is 5.32 Å². The van der Waals surface area contributed by atoms with Crippen LogP contribution in [0.25, 0.3) is 0 Å². The molecule has 4 rings (SSSR count). The number of hydrogen-bond acceptors (Lipinski definition) is 6. The highest BCUT2D eigenvalue weighted by atomic mass is 32.1. The number of fused-ring (bicyclic) bond motifs is 1. The molecule has 1 unspecified atom stereocenters. The summed E-state index contributed by atoms with van der Waals surface area (Å²) in [4.78, 5) is 31.6. The van der Waals surface area contributed by atoms with Crippen molar-refractivity contribution in [1.82, 2.24) is 15.1 Å². The van der Waals surface area contributed by atoms with E-state index in [0.29, 0.717) is 32.8 Å². The average molecular weight is 408 g/mol. The third kappa shape index (κ3) is 4.74. The molecule has 1 aliphatic carbocycles. The SMILES string of the molecule is O=C(NCCN1CCOCC1)C1CCc2sc(C(=O)N3CCOCC3)cc2C1. The Labute approximate surface area is 170 Å². The average Bonchev–Trinajstić information content (AvgIpc) is 3.18. The van der Waals surface area contributed by atoms with Gasteiger partial charge in [0, 0.05) is 50.1 Å². The van der Waals surface area contributed by atoms with Gasteiger partial charge in [-0.15, -0.1) is 11.3 Å². The van der Waals surface area contributed by atoms with E-state index in [1.165, 1.54) is 10.4 Å². The first kappa shape index (κ1) is 19.8. The van der Waals surface area contributed by atoms with Crippen molar-refractivity contribution in [3.05, 3.63) is 21.4 Å². The Hall–Kier alpha value is -1.48. The third-order valence-corrected chi connectivity index (χ3v) is 7.02. The molecular weight excluding hydrogens is 378 g/mol. The molecule has 0 aromatic carbocycles. The molecule has 1 N–H and O–H groups in total. The molecule has 2 amide bonds. The maximum atomic E-state index is 12.7. The van der Waals surface area contributed by atoms with Crippen LogP contribution >= 0.6 is 11.3 Å². The fourth-order valence-corrected chi connectivity index (χ4v) is 5.26. The minimum Gasteiger partial charge on any atom is -0.379 e. The number of rotatable bonds is 5. The molecule has 3 aliphatic rings. The number of nitrogens with zero attached hydrogens (tertiary/aromatic N) is 2. The van der Waals surface area contributed by atoms with E-state index in [-0.39, 0.29) is 17.7 Å². The molecule has 1 aromatic heterocycles. The fraction of sp³-hybridized carbons (Fsp3) is 0.700. The number of amides is 2.